The molecule has 1 aromatic rings. The lowest BCUT2D eigenvalue weighted by atomic mass is 9.86. The predicted octanol–water partition coefficient (Wildman–Crippen LogP) is 3.45. The molecule has 0 bridgehead atoms. The SMILES string of the molecule is C/C=C/CC(=O)N1CCC(C2CC(c3ccccc3Cl)NN2)CC1. The van der Waals surface area contributed by atoms with Gasteiger partial charge in [0.25, 0.3) is 0 Å². The van der Waals surface area contributed by atoms with Crippen LogP contribution in [0.15, 0.2) is 36.4 Å². The average molecular weight is 348 g/mol. The number of halogens is 1. The first kappa shape index (κ1) is 17.5. The lowest BCUT2D eigenvalue weighted by Crippen LogP contribution is -2.44. The van der Waals surface area contributed by atoms with Gasteiger partial charge in [0, 0.05) is 36.6 Å². The second-order valence-electron chi connectivity index (χ2n) is 6.70. The molecule has 24 heavy (non-hydrogen) atoms. The van der Waals surface area contributed by atoms with Crippen LogP contribution in [0.5, 0.6) is 0 Å². The minimum atomic E-state index is 0.248. The van der Waals surface area contributed by atoms with Gasteiger partial charge in [0.15, 0.2) is 0 Å². The lowest BCUT2D eigenvalue weighted by molar-refractivity contribution is -0.131. The van der Waals surface area contributed by atoms with Crippen molar-refractivity contribution in [3.63, 3.8) is 0 Å². The summed E-state index contributed by atoms with van der Waals surface area (Å²) in [5.41, 5.74) is 8.02. The molecule has 5 heteroatoms. The van der Waals surface area contributed by atoms with Crippen LogP contribution < -0.4 is 10.9 Å². The molecular weight excluding hydrogens is 322 g/mol. The van der Waals surface area contributed by atoms with E-state index in [-0.39, 0.29) is 11.9 Å². The molecule has 3 rings (SSSR count). The molecular formula is C19H26ClN3O. The van der Waals surface area contributed by atoms with E-state index in [9.17, 15) is 4.79 Å². The topological polar surface area (TPSA) is 44.4 Å². The minimum Gasteiger partial charge on any atom is -0.342 e. The van der Waals surface area contributed by atoms with E-state index < -0.39 is 0 Å². The highest BCUT2D eigenvalue weighted by Gasteiger charge is 2.34. The van der Waals surface area contributed by atoms with Crippen molar-refractivity contribution in [2.75, 3.05) is 13.1 Å². The third kappa shape index (κ3) is 4.00. The summed E-state index contributed by atoms with van der Waals surface area (Å²) in [4.78, 5) is 14.1. The van der Waals surface area contributed by atoms with Crippen LogP contribution in [0.4, 0.5) is 0 Å². The molecule has 2 unspecified atom stereocenters. The number of allylic oxidation sites excluding steroid dienone is 1. The van der Waals surface area contributed by atoms with Gasteiger partial charge in [-0.3, -0.25) is 10.2 Å². The minimum absolute atomic E-state index is 0.248. The van der Waals surface area contributed by atoms with Crippen LogP contribution in [0.25, 0.3) is 0 Å². The fourth-order valence-electron chi connectivity index (χ4n) is 3.75. The molecule has 130 valence electrons. The van der Waals surface area contributed by atoms with Crippen molar-refractivity contribution < 1.29 is 4.79 Å². The largest absolute Gasteiger partial charge is 0.342 e. The van der Waals surface area contributed by atoms with Gasteiger partial charge in [-0.15, -0.1) is 0 Å². The van der Waals surface area contributed by atoms with E-state index in [1.807, 2.05) is 42.2 Å². The Hall–Kier alpha value is -1.36. The summed E-state index contributed by atoms with van der Waals surface area (Å²) in [5, 5.41) is 0.821. The third-order valence-corrected chi connectivity index (χ3v) is 5.55. The lowest BCUT2D eigenvalue weighted by Gasteiger charge is -2.34. The molecule has 2 aliphatic rings. The van der Waals surface area contributed by atoms with Gasteiger partial charge in [0.2, 0.25) is 5.91 Å². The average Bonchev–Trinajstić information content (AvgIpc) is 3.10. The fourth-order valence-corrected chi connectivity index (χ4v) is 4.02. The van der Waals surface area contributed by atoms with E-state index >= 15 is 0 Å². The summed E-state index contributed by atoms with van der Waals surface area (Å²) in [6.45, 7) is 3.69. The van der Waals surface area contributed by atoms with Crippen molar-refractivity contribution in [3.05, 3.63) is 47.0 Å². The Morgan fingerprint density at radius 1 is 1.29 bits per heavy atom. The molecule has 1 amide bonds. The van der Waals surface area contributed by atoms with E-state index in [1.54, 1.807) is 0 Å². The van der Waals surface area contributed by atoms with Crippen molar-refractivity contribution in [2.45, 2.75) is 44.7 Å². The molecule has 0 aliphatic carbocycles. The number of hydrazine groups is 1. The Bertz CT molecular complexity index is 596. The fraction of sp³-hybridized carbons (Fsp3) is 0.526. The monoisotopic (exact) mass is 347 g/mol. The van der Waals surface area contributed by atoms with E-state index in [0.29, 0.717) is 18.4 Å². The highest BCUT2D eigenvalue weighted by Crippen LogP contribution is 2.33. The van der Waals surface area contributed by atoms with Gasteiger partial charge in [-0.1, -0.05) is 42.0 Å². The summed E-state index contributed by atoms with van der Waals surface area (Å²) in [6.07, 6.45) is 7.57. The molecule has 4 nitrogen and oxygen atoms in total. The van der Waals surface area contributed by atoms with Crippen LogP contribution >= 0.6 is 11.6 Å². The Morgan fingerprint density at radius 2 is 2.04 bits per heavy atom. The number of rotatable bonds is 4. The zero-order chi connectivity index (χ0) is 16.9. The van der Waals surface area contributed by atoms with E-state index in [2.05, 4.69) is 16.9 Å². The van der Waals surface area contributed by atoms with Crippen LogP contribution in [-0.4, -0.2) is 29.9 Å². The summed E-state index contributed by atoms with van der Waals surface area (Å²) in [5.74, 6) is 0.855. The maximum absolute atomic E-state index is 12.1. The van der Waals surface area contributed by atoms with Crippen LogP contribution in [0.2, 0.25) is 5.02 Å². The van der Waals surface area contributed by atoms with Crippen molar-refractivity contribution in [2.24, 2.45) is 5.92 Å². The van der Waals surface area contributed by atoms with Gasteiger partial charge >= 0.3 is 0 Å². The third-order valence-electron chi connectivity index (χ3n) is 5.20. The smallest absolute Gasteiger partial charge is 0.226 e. The highest BCUT2D eigenvalue weighted by molar-refractivity contribution is 6.31. The number of likely N-dealkylation sites (tertiary alicyclic amines) is 1. The molecule has 0 spiro atoms. The quantitative estimate of drug-likeness (QED) is 0.820. The Kier molecular flexibility index (Phi) is 5.93. The number of hydrogen-bond acceptors (Lipinski definition) is 3. The van der Waals surface area contributed by atoms with E-state index in [0.717, 1.165) is 42.9 Å². The number of amides is 1. The number of piperidine rings is 1. The number of hydrogen-bond donors (Lipinski definition) is 2. The molecule has 2 aliphatic heterocycles. The van der Waals surface area contributed by atoms with E-state index in [4.69, 9.17) is 11.6 Å². The summed E-state index contributed by atoms with van der Waals surface area (Å²) >= 11 is 6.32. The van der Waals surface area contributed by atoms with Crippen LogP contribution in [0.1, 0.15) is 44.2 Å². The first-order chi connectivity index (χ1) is 11.7. The Balaban J connectivity index is 1.51. The number of nitrogens with zero attached hydrogens (tertiary/aromatic N) is 1. The number of benzene rings is 1. The molecule has 1 aromatic carbocycles. The van der Waals surface area contributed by atoms with Gasteiger partial charge in [-0.05, 0) is 43.7 Å². The zero-order valence-electron chi connectivity index (χ0n) is 14.2. The molecule has 0 radical (unpaired) electrons. The van der Waals surface area contributed by atoms with Crippen molar-refractivity contribution >= 4 is 17.5 Å². The second kappa shape index (κ2) is 8.15. The van der Waals surface area contributed by atoms with Crippen LogP contribution in [-0.2, 0) is 4.79 Å². The molecule has 0 aromatic heterocycles. The Labute approximate surface area is 149 Å². The van der Waals surface area contributed by atoms with Gasteiger partial charge < -0.3 is 4.90 Å². The van der Waals surface area contributed by atoms with E-state index in [1.165, 1.54) is 0 Å². The molecule has 2 atom stereocenters. The Morgan fingerprint density at radius 3 is 2.75 bits per heavy atom. The molecule has 0 saturated carbocycles. The second-order valence-corrected chi connectivity index (χ2v) is 7.10. The molecule has 2 heterocycles. The predicted molar refractivity (Wildman–Crippen MR) is 97.6 cm³/mol. The van der Waals surface area contributed by atoms with Crippen LogP contribution in [0, 0.1) is 5.92 Å². The standard InChI is InChI=1S/C19H26ClN3O/c1-2-3-8-19(24)23-11-9-14(10-12-23)17-13-18(22-21-17)15-6-4-5-7-16(15)20/h2-7,14,17-18,21-22H,8-13H2,1H3/b3-2+. The van der Waals surface area contributed by atoms with Gasteiger partial charge in [-0.2, -0.15) is 0 Å². The maximum Gasteiger partial charge on any atom is 0.226 e. The number of nitrogens with one attached hydrogen (secondary N) is 2. The molecule has 2 fully saturated rings. The van der Waals surface area contributed by atoms with Crippen LogP contribution in [0.3, 0.4) is 0 Å². The van der Waals surface area contributed by atoms with Crippen molar-refractivity contribution in [3.8, 4) is 0 Å². The molecule has 2 N–H and O–H groups in total. The summed E-state index contributed by atoms with van der Waals surface area (Å²) in [6, 6.07) is 8.74. The summed E-state index contributed by atoms with van der Waals surface area (Å²) < 4.78 is 0. The van der Waals surface area contributed by atoms with Crippen molar-refractivity contribution in [1.82, 2.24) is 15.8 Å². The number of carbonyl (C=O) groups is 1. The normalized spacial score (nSPS) is 25.5. The van der Waals surface area contributed by atoms with Gasteiger partial charge in [0.05, 0.1) is 0 Å². The zero-order valence-corrected chi connectivity index (χ0v) is 14.9. The first-order valence-electron chi connectivity index (χ1n) is 8.83. The highest BCUT2D eigenvalue weighted by atomic mass is 35.5. The maximum atomic E-state index is 12.1. The van der Waals surface area contributed by atoms with Gasteiger partial charge in [-0.25, -0.2) is 5.43 Å². The van der Waals surface area contributed by atoms with Gasteiger partial charge in [0.1, 0.15) is 0 Å². The number of carbonyl (C=O) groups excluding carboxylic acids is 1. The molecule has 2 saturated heterocycles. The first-order valence-corrected chi connectivity index (χ1v) is 9.21. The summed E-state index contributed by atoms with van der Waals surface area (Å²) in [7, 11) is 0. The van der Waals surface area contributed by atoms with Crippen molar-refractivity contribution in [1.29, 1.82) is 0 Å².